The molecule has 1 aliphatic heterocycles. The van der Waals surface area contributed by atoms with Gasteiger partial charge in [0.2, 0.25) is 0 Å². The first-order valence-electron chi connectivity index (χ1n) is 10.2. The molecule has 0 saturated carbocycles. The maximum atomic E-state index is 13.6. The molecule has 2 aromatic carbocycles. The van der Waals surface area contributed by atoms with Crippen LogP contribution in [0.2, 0.25) is 0 Å². The highest BCUT2D eigenvalue weighted by Gasteiger charge is 2.13. The fraction of sp³-hybridized carbons (Fsp3) is 0.250. The molecule has 1 amide bonds. The van der Waals surface area contributed by atoms with Crippen molar-refractivity contribution in [2.24, 2.45) is 5.10 Å². The predicted molar refractivity (Wildman–Crippen MR) is 118 cm³/mol. The number of hydrogen-bond acceptors (Lipinski definition) is 3. The third-order valence-electron chi connectivity index (χ3n) is 5.51. The van der Waals surface area contributed by atoms with Gasteiger partial charge in [-0.25, -0.2) is 9.82 Å². The lowest BCUT2D eigenvalue weighted by Crippen LogP contribution is -2.19. The Morgan fingerprint density at radius 3 is 2.47 bits per heavy atom. The van der Waals surface area contributed by atoms with Crippen LogP contribution >= 0.6 is 0 Å². The fourth-order valence-corrected chi connectivity index (χ4v) is 3.95. The molecule has 0 spiro atoms. The van der Waals surface area contributed by atoms with Gasteiger partial charge in [0, 0.05) is 47.0 Å². The van der Waals surface area contributed by atoms with Crippen molar-refractivity contribution in [1.82, 2.24) is 9.99 Å². The summed E-state index contributed by atoms with van der Waals surface area (Å²) < 4.78 is 15.6. The van der Waals surface area contributed by atoms with Crippen LogP contribution in [-0.4, -0.2) is 29.8 Å². The normalized spacial score (nSPS) is 13.9. The summed E-state index contributed by atoms with van der Waals surface area (Å²) in [5.74, 6) is -0.531. The highest BCUT2D eigenvalue weighted by molar-refractivity contribution is 5.95. The van der Waals surface area contributed by atoms with Crippen molar-refractivity contribution in [2.45, 2.75) is 26.7 Å². The molecule has 0 atom stereocenters. The average Bonchev–Trinajstić information content (AvgIpc) is 3.37. The lowest BCUT2D eigenvalue weighted by atomic mass is 10.2. The van der Waals surface area contributed by atoms with E-state index in [1.54, 1.807) is 12.3 Å². The van der Waals surface area contributed by atoms with Gasteiger partial charge in [-0.3, -0.25) is 4.79 Å². The number of nitrogens with one attached hydrogen (secondary N) is 1. The highest BCUT2D eigenvalue weighted by Crippen LogP contribution is 2.21. The summed E-state index contributed by atoms with van der Waals surface area (Å²) in [6.07, 6.45) is 4.06. The Morgan fingerprint density at radius 2 is 1.77 bits per heavy atom. The Balaban J connectivity index is 1.44. The molecule has 2 heterocycles. The first-order valence-corrected chi connectivity index (χ1v) is 10.2. The second-order valence-electron chi connectivity index (χ2n) is 7.58. The molecule has 0 aliphatic carbocycles. The van der Waals surface area contributed by atoms with Crippen LogP contribution < -0.4 is 10.3 Å². The second kappa shape index (κ2) is 8.53. The molecule has 3 aromatic rings. The van der Waals surface area contributed by atoms with Crippen molar-refractivity contribution in [2.75, 3.05) is 18.0 Å². The van der Waals surface area contributed by atoms with Crippen molar-refractivity contribution < 1.29 is 9.18 Å². The summed E-state index contributed by atoms with van der Waals surface area (Å²) in [4.78, 5) is 14.7. The van der Waals surface area contributed by atoms with Gasteiger partial charge in [0.1, 0.15) is 5.82 Å². The van der Waals surface area contributed by atoms with E-state index in [1.165, 1.54) is 25.0 Å². The lowest BCUT2D eigenvalue weighted by molar-refractivity contribution is 0.0955. The number of benzene rings is 2. The van der Waals surface area contributed by atoms with Crippen LogP contribution in [0.25, 0.3) is 5.69 Å². The minimum Gasteiger partial charge on any atom is -0.372 e. The number of amides is 1. The van der Waals surface area contributed by atoms with Gasteiger partial charge >= 0.3 is 0 Å². The van der Waals surface area contributed by atoms with E-state index in [2.05, 4.69) is 15.4 Å². The molecule has 1 saturated heterocycles. The van der Waals surface area contributed by atoms with Crippen molar-refractivity contribution in [3.05, 3.63) is 82.9 Å². The van der Waals surface area contributed by atoms with Crippen LogP contribution in [0.3, 0.4) is 0 Å². The van der Waals surface area contributed by atoms with Crippen LogP contribution in [0.1, 0.15) is 40.2 Å². The molecule has 1 aromatic heterocycles. The smallest absolute Gasteiger partial charge is 0.271 e. The van der Waals surface area contributed by atoms with Gasteiger partial charge in [0.15, 0.2) is 0 Å². The van der Waals surface area contributed by atoms with Crippen LogP contribution in [0.5, 0.6) is 0 Å². The SMILES string of the molecule is Cc1cc(/C=N\NC(=O)c2ccc(N3CCCC3)cc2)c(C)n1-c1cccc(F)c1. The third-order valence-corrected chi connectivity index (χ3v) is 5.51. The van der Waals surface area contributed by atoms with Gasteiger partial charge in [-0.1, -0.05) is 6.07 Å². The number of anilines is 1. The summed E-state index contributed by atoms with van der Waals surface area (Å²) in [7, 11) is 0. The molecule has 6 heteroatoms. The quantitative estimate of drug-likeness (QED) is 0.499. The molecule has 1 fully saturated rings. The Kier molecular flexibility index (Phi) is 5.65. The van der Waals surface area contributed by atoms with E-state index in [0.29, 0.717) is 5.56 Å². The molecule has 30 heavy (non-hydrogen) atoms. The molecule has 154 valence electrons. The molecule has 4 rings (SSSR count). The zero-order chi connectivity index (χ0) is 21.1. The second-order valence-corrected chi connectivity index (χ2v) is 7.58. The van der Waals surface area contributed by atoms with Crippen molar-refractivity contribution in [1.29, 1.82) is 0 Å². The Hall–Kier alpha value is -3.41. The van der Waals surface area contributed by atoms with Crippen molar-refractivity contribution >= 4 is 17.8 Å². The number of hydrogen-bond donors (Lipinski definition) is 1. The van der Waals surface area contributed by atoms with Crippen LogP contribution in [-0.2, 0) is 0 Å². The molecule has 1 aliphatic rings. The number of hydrazone groups is 1. The van der Waals surface area contributed by atoms with Gasteiger partial charge in [0.05, 0.1) is 6.21 Å². The summed E-state index contributed by atoms with van der Waals surface area (Å²) in [5.41, 5.74) is 7.81. The standard InChI is InChI=1S/C24H25FN4O/c1-17-14-20(18(2)29(17)23-7-5-6-21(25)15-23)16-26-27-24(30)19-8-10-22(11-9-19)28-12-3-4-13-28/h5-11,14-16H,3-4,12-13H2,1-2H3,(H,27,30)/b26-16-. The molecule has 0 radical (unpaired) electrons. The zero-order valence-electron chi connectivity index (χ0n) is 17.2. The van der Waals surface area contributed by atoms with E-state index in [0.717, 1.165) is 41.4 Å². The van der Waals surface area contributed by atoms with E-state index in [1.807, 2.05) is 54.8 Å². The number of aryl methyl sites for hydroxylation is 1. The fourth-order valence-electron chi connectivity index (χ4n) is 3.95. The zero-order valence-corrected chi connectivity index (χ0v) is 17.2. The van der Waals surface area contributed by atoms with Gasteiger partial charge in [-0.15, -0.1) is 0 Å². The lowest BCUT2D eigenvalue weighted by Gasteiger charge is -2.17. The largest absolute Gasteiger partial charge is 0.372 e. The monoisotopic (exact) mass is 404 g/mol. The van der Waals surface area contributed by atoms with E-state index >= 15 is 0 Å². The van der Waals surface area contributed by atoms with E-state index in [9.17, 15) is 9.18 Å². The van der Waals surface area contributed by atoms with Crippen molar-refractivity contribution in [3.63, 3.8) is 0 Å². The highest BCUT2D eigenvalue weighted by atomic mass is 19.1. The summed E-state index contributed by atoms with van der Waals surface area (Å²) in [5, 5.41) is 4.12. The van der Waals surface area contributed by atoms with E-state index < -0.39 is 0 Å². The topological polar surface area (TPSA) is 49.6 Å². The summed E-state index contributed by atoms with van der Waals surface area (Å²) >= 11 is 0. The average molecular weight is 404 g/mol. The van der Waals surface area contributed by atoms with E-state index in [-0.39, 0.29) is 11.7 Å². The number of rotatable bonds is 5. The molecule has 0 unspecified atom stereocenters. The minimum atomic E-state index is -0.279. The Bertz CT molecular complexity index is 1080. The van der Waals surface area contributed by atoms with Crippen LogP contribution in [0.4, 0.5) is 10.1 Å². The number of carbonyl (C=O) groups is 1. The third kappa shape index (κ3) is 4.13. The van der Waals surface area contributed by atoms with Gasteiger partial charge in [0.25, 0.3) is 5.91 Å². The minimum absolute atomic E-state index is 0.252. The molecular formula is C24H25FN4O. The van der Waals surface area contributed by atoms with Crippen LogP contribution in [0.15, 0.2) is 59.7 Å². The molecule has 0 bridgehead atoms. The van der Waals surface area contributed by atoms with Gasteiger partial charge in [-0.05, 0) is 75.2 Å². The number of nitrogens with zero attached hydrogens (tertiary/aromatic N) is 3. The number of carbonyl (C=O) groups excluding carboxylic acids is 1. The Morgan fingerprint density at radius 1 is 1.03 bits per heavy atom. The molecule has 1 N–H and O–H groups in total. The van der Waals surface area contributed by atoms with Gasteiger partial charge in [-0.2, -0.15) is 5.10 Å². The molecule has 5 nitrogen and oxygen atoms in total. The summed E-state index contributed by atoms with van der Waals surface area (Å²) in [6.45, 7) is 6.04. The predicted octanol–water partition coefficient (Wildman–Crippen LogP) is 4.60. The van der Waals surface area contributed by atoms with Crippen molar-refractivity contribution in [3.8, 4) is 5.69 Å². The van der Waals surface area contributed by atoms with Crippen LogP contribution in [0, 0.1) is 19.7 Å². The first kappa shape index (κ1) is 19.9. The molecular weight excluding hydrogens is 379 g/mol. The maximum absolute atomic E-state index is 13.6. The number of halogens is 1. The first-order chi connectivity index (χ1) is 14.5. The maximum Gasteiger partial charge on any atom is 0.271 e. The van der Waals surface area contributed by atoms with E-state index in [4.69, 9.17) is 0 Å². The summed E-state index contributed by atoms with van der Waals surface area (Å²) in [6, 6.07) is 16.0. The Labute approximate surface area is 175 Å². The number of aromatic nitrogens is 1. The van der Waals surface area contributed by atoms with Gasteiger partial charge < -0.3 is 9.47 Å².